The van der Waals surface area contributed by atoms with Gasteiger partial charge >= 0.3 is 0 Å². The van der Waals surface area contributed by atoms with Crippen LogP contribution >= 0.6 is 0 Å². The minimum absolute atomic E-state index is 0.349. The first kappa shape index (κ1) is 11.9. The molecule has 0 unspecified atom stereocenters. The van der Waals surface area contributed by atoms with Crippen LogP contribution in [0.4, 0.5) is 0 Å². The zero-order chi connectivity index (χ0) is 13.0. The van der Waals surface area contributed by atoms with Crippen LogP contribution in [-0.2, 0) is 4.79 Å². The van der Waals surface area contributed by atoms with E-state index >= 15 is 0 Å². The number of primary amides is 1. The minimum Gasteiger partial charge on any atom is -0.398 e. The Kier molecular flexibility index (Phi) is 3.44. The lowest BCUT2D eigenvalue weighted by Crippen LogP contribution is -2.17. The monoisotopic (exact) mass is 238 g/mol. The maximum absolute atomic E-state index is 11.6. The third kappa shape index (κ3) is 2.40. The lowest BCUT2D eigenvalue weighted by Gasteiger charge is -2.09. The second-order valence-electron chi connectivity index (χ2n) is 3.88. The normalized spacial score (nSPS) is 11.8. The number of nitrogens with two attached hydrogens (primary N) is 2. The second-order valence-corrected chi connectivity index (χ2v) is 3.88. The highest BCUT2D eigenvalue weighted by Gasteiger charge is 2.13. The van der Waals surface area contributed by atoms with E-state index < -0.39 is 5.91 Å². The van der Waals surface area contributed by atoms with Crippen LogP contribution in [0, 0.1) is 0 Å². The first-order chi connectivity index (χ1) is 8.70. The molecule has 0 saturated heterocycles. The van der Waals surface area contributed by atoms with Crippen molar-refractivity contribution in [2.75, 3.05) is 0 Å². The van der Waals surface area contributed by atoms with Crippen molar-refractivity contribution in [2.24, 2.45) is 11.5 Å². The molecule has 0 saturated carbocycles. The molecule has 3 heteroatoms. The van der Waals surface area contributed by atoms with Gasteiger partial charge < -0.3 is 11.5 Å². The molecule has 2 aromatic carbocycles. The molecule has 0 aliphatic carbocycles. The van der Waals surface area contributed by atoms with E-state index in [9.17, 15) is 4.79 Å². The molecule has 0 atom stereocenters. The number of amides is 1. The van der Waals surface area contributed by atoms with Crippen LogP contribution in [0.2, 0.25) is 0 Å². The van der Waals surface area contributed by atoms with E-state index in [-0.39, 0.29) is 0 Å². The largest absolute Gasteiger partial charge is 0.398 e. The lowest BCUT2D eigenvalue weighted by molar-refractivity contribution is -0.112. The molecule has 18 heavy (non-hydrogen) atoms. The van der Waals surface area contributed by atoms with Crippen LogP contribution in [0.5, 0.6) is 0 Å². The molecule has 0 aliphatic heterocycles. The summed E-state index contributed by atoms with van der Waals surface area (Å²) in [6.07, 6.45) is 0. The van der Waals surface area contributed by atoms with Crippen LogP contribution in [0.15, 0.2) is 60.7 Å². The topological polar surface area (TPSA) is 69.1 Å². The SMILES string of the molecule is NC(=O)/C(=C(\N)c1ccccc1)c1ccccc1. The summed E-state index contributed by atoms with van der Waals surface area (Å²) in [6, 6.07) is 18.5. The van der Waals surface area contributed by atoms with Gasteiger partial charge in [0.05, 0.1) is 11.3 Å². The Bertz CT molecular complexity index is 574. The molecule has 0 aliphatic rings. The highest BCUT2D eigenvalue weighted by Crippen LogP contribution is 2.22. The van der Waals surface area contributed by atoms with Crippen molar-refractivity contribution >= 4 is 17.2 Å². The molecule has 0 radical (unpaired) electrons. The minimum atomic E-state index is -0.525. The van der Waals surface area contributed by atoms with Gasteiger partial charge in [-0.2, -0.15) is 0 Å². The van der Waals surface area contributed by atoms with E-state index in [0.29, 0.717) is 11.3 Å². The fourth-order valence-corrected chi connectivity index (χ4v) is 1.80. The van der Waals surface area contributed by atoms with Gasteiger partial charge in [0, 0.05) is 0 Å². The van der Waals surface area contributed by atoms with Crippen molar-refractivity contribution in [1.82, 2.24) is 0 Å². The molecule has 1 amide bonds. The third-order valence-corrected chi connectivity index (χ3v) is 2.66. The van der Waals surface area contributed by atoms with E-state index in [0.717, 1.165) is 11.1 Å². The van der Waals surface area contributed by atoms with Crippen LogP contribution in [-0.4, -0.2) is 5.91 Å². The molecule has 90 valence electrons. The molecule has 0 bridgehead atoms. The molecule has 0 spiro atoms. The fourth-order valence-electron chi connectivity index (χ4n) is 1.80. The number of carbonyl (C=O) groups is 1. The summed E-state index contributed by atoms with van der Waals surface area (Å²) >= 11 is 0. The van der Waals surface area contributed by atoms with Gasteiger partial charge in [-0.05, 0) is 11.1 Å². The average Bonchev–Trinajstić information content (AvgIpc) is 2.40. The Morgan fingerprint density at radius 2 is 1.17 bits per heavy atom. The van der Waals surface area contributed by atoms with E-state index in [1.807, 2.05) is 60.7 Å². The molecule has 2 rings (SSSR count). The van der Waals surface area contributed by atoms with Crippen LogP contribution < -0.4 is 11.5 Å². The number of benzene rings is 2. The Morgan fingerprint density at radius 1 is 0.722 bits per heavy atom. The Labute approximate surface area is 106 Å². The van der Waals surface area contributed by atoms with Crippen molar-refractivity contribution in [2.45, 2.75) is 0 Å². The number of carbonyl (C=O) groups excluding carboxylic acids is 1. The first-order valence-corrected chi connectivity index (χ1v) is 5.60. The van der Waals surface area contributed by atoms with Gasteiger partial charge in [-0.15, -0.1) is 0 Å². The molecule has 4 N–H and O–H groups in total. The van der Waals surface area contributed by atoms with E-state index in [2.05, 4.69) is 0 Å². The molecule has 3 nitrogen and oxygen atoms in total. The number of hydrogen-bond acceptors (Lipinski definition) is 2. The van der Waals surface area contributed by atoms with Gasteiger partial charge in [0.15, 0.2) is 0 Å². The van der Waals surface area contributed by atoms with Crippen molar-refractivity contribution in [3.05, 3.63) is 71.8 Å². The van der Waals surface area contributed by atoms with Crippen LogP contribution in [0.1, 0.15) is 11.1 Å². The standard InChI is InChI=1S/C15H14N2O/c16-14(12-9-5-2-6-10-12)13(15(17)18)11-7-3-1-4-8-11/h1-10H,16H2,(H2,17,18)/b14-13-. The molecular formula is C15H14N2O. The fraction of sp³-hybridized carbons (Fsp3) is 0. The van der Waals surface area contributed by atoms with Gasteiger partial charge in [0.25, 0.3) is 5.91 Å². The number of rotatable bonds is 3. The van der Waals surface area contributed by atoms with Crippen LogP contribution in [0.3, 0.4) is 0 Å². The van der Waals surface area contributed by atoms with Gasteiger partial charge in [-0.3, -0.25) is 4.79 Å². The summed E-state index contributed by atoms with van der Waals surface area (Å²) in [6.45, 7) is 0. The Morgan fingerprint density at radius 3 is 1.61 bits per heavy atom. The van der Waals surface area contributed by atoms with E-state index in [4.69, 9.17) is 11.5 Å². The highest BCUT2D eigenvalue weighted by atomic mass is 16.1. The summed E-state index contributed by atoms with van der Waals surface area (Å²) < 4.78 is 0. The van der Waals surface area contributed by atoms with E-state index in [1.165, 1.54) is 0 Å². The summed E-state index contributed by atoms with van der Waals surface area (Å²) in [5.41, 5.74) is 13.7. The maximum atomic E-state index is 11.6. The van der Waals surface area contributed by atoms with Crippen LogP contribution in [0.25, 0.3) is 11.3 Å². The summed E-state index contributed by atoms with van der Waals surface area (Å²) in [5.74, 6) is -0.525. The quantitative estimate of drug-likeness (QED) is 0.634. The lowest BCUT2D eigenvalue weighted by atomic mass is 9.99. The average molecular weight is 238 g/mol. The number of hydrogen-bond donors (Lipinski definition) is 2. The van der Waals surface area contributed by atoms with Crippen molar-refractivity contribution < 1.29 is 4.79 Å². The zero-order valence-electron chi connectivity index (χ0n) is 9.84. The van der Waals surface area contributed by atoms with E-state index in [1.54, 1.807) is 0 Å². The molecule has 0 fully saturated rings. The highest BCUT2D eigenvalue weighted by molar-refractivity contribution is 6.25. The smallest absolute Gasteiger partial charge is 0.251 e. The Balaban J connectivity index is 2.58. The Hall–Kier alpha value is -2.55. The van der Waals surface area contributed by atoms with Crippen molar-refractivity contribution in [3.8, 4) is 0 Å². The van der Waals surface area contributed by atoms with Gasteiger partial charge in [-0.25, -0.2) is 0 Å². The summed E-state index contributed by atoms with van der Waals surface area (Å²) in [5, 5.41) is 0. The molecular weight excluding hydrogens is 224 g/mol. The first-order valence-electron chi connectivity index (χ1n) is 5.60. The van der Waals surface area contributed by atoms with Gasteiger partial charge in [-0.1, -0.05) is 60.7 Å². The molecule has 2 aromatic rings. The van der Waals surface area contributed by atoms with Crippen molar-refractivity contribution in [1.29, 1.82) is 0 Å². The maximum Gasteiger partial charge on any atom is 0.251 e. The summed E-state index contributed by atoms with van der Waals surface area (Å²) in [7, 11) is 0. The second kappa shape index (κ2) is 5.19. The summed E-state index contributed by atoms with van der Waals surface area (Å²) in [4.78, 5) is 11.6. The zero-order valence-corrected chi connectivity index (χ0v) is 9.84. The van der Waals surface area contributed by atoms with Gasteiger partial charge in [0.1, 0.15) is 0 Å². The third-order valence-electron chi connectivity index (χ3n) is 2.66. The molecule has 0 aromatic heterocycles. The molecule has 0 heterocycles. The predicted octanol–water partition coefficient (Wildman–Crippen LogP) is 2.00. The van der Waals surface area contributed by atoms with Crippen molar-refractivity contribution in [3.63, 3.8) is 0 Å². The van der Waals surface area contributed by atoms with Gasteiger partial charge in [0.2, 0.25) is 0 Å². The predicted molar refractivity (Wildman–Crippen MR) is 73.1 cm³/mol.